The molecule has 1 unspecified atom stereocenters. The first-order chi connectivity index (χ1) is 8.24. The van der Waals surface area contributed by atoms with Crippen LogP contribution in [-0.2, 0) is 11.2 Å². The average molecular weight is 235 g/mol. The average Bonchev–Trinajstić information content (AvgIpc) is 2.77. The van der Waals surface area contributed by atoms with Crippen molar-refractivity contribution < 1.29 is 14.6 Å². The van der Waals surface area contributed by atoms with Gasteiger partial charge in [-0.25, -0.2) is 0 Å². The van der Waals surface area contributed by atoms with E-state index in [9.17, 15) is 4.79 Å². The summed E-state index contributed by atoms with van der Waals surface area (Å²) in [5, 5.41) is 11.9. The molecule has 92 valence electrons. The summed E-state index contributed by atoms with van der Waals surface area (Å²) in [5.41, 5.74) is 1.89. The Kier molecular flexibility index (Phi) is 3.64. The third kappa shape index (κ3) is 2.58. The first-order valence-corrected chi connectivity index (χ1v) is 5.92. The number of carbonyl (C=O) groups is 1. The highest BCUT2D eigenvalue weighted by atomic mass is 16.5. The number of rotatable bonds is 4. The molecule has 1 aromatic carbocycles. The molecular weight excluding hydrogens is 218 g/mol. The molecule has 0 aromatic heterocycles. The first-order valence-electron chi connectivity index (χ1n) is 5.92. The van der Waals surface area contributed by atoms with E-state index in [1.54, 1.807) is 0 Å². The van der Waals surface area contributed by atoms with Crippen molar-refractivity contribution in [1.29, 1.82) is 0 Å². The Balaban J connectivity index is 2.06. The zero-order valence-corrected chi connectivity index (χ0v) is 9.90. The number of carbonyl (C=O) groups excluding carboxylic acids is 1. The molecule has 4 heteroatoms. The molecule has 1 aromatic rings. The third-order valence-corrected chi connectivity index (χ3v) is 3.04. The number of hydrogen-bond acceptors (Lipinski definition) is 3. The van der Waals surface area contributed by atoms with Crippen LogP contribution in [0.1, 0.15) is 18.9 Å². The number of nitrogens with one attached hydrogen (secondary N) is 1. The van der Waals surface area contributed by atoms with E-state index in [1.165, 1.54) is 0 Å². The van der Waals surface area contributed by atoms with Gasteiger partial charge in [-0.15, -0.1) is 0 Å². The zero-order chi connectivity index (χ0) is 12.3. The van der Waals surface area contributed by atoms with Gasteiger partial charge in [0.1, 0.15) is 5.75 Å². The van der Waals surface area contributed by atoms with Crippen LogP contribution in [-0.4, -0.2) is 24.2 Å². The van der Waals surface area contributed by atoms with E-state index < -0.39 is 0 Å². The minimum Gasteiger partial charge on any atom is -0.493 e. The largest absolute Gasteiger partial charge is 0.493 e. The predicted molar refractivity (Wildman–Crippen MR) is 65.1 cm³/mol. The highest BCUT2D eigenvalue weighted by Crippen LogP contribution is 2.28. The SMILES string of the molecule is CCC(CO)C(=O)Nc1ccc2c(c1)CCO2. The monoisotopic (exact) mass is 235 g/mol. The molecule has 0 saturated carbocycles. The highest BCUT2D eigenvalue weighted by molar-refractivity contribution is 5.92. The summed E-state index contributed by atoms with van der Waals surface area (Å²) < 4.78 is 5.40. The van der Waals surface area contributed by atoms with Crippen LogP contribution in [0.2, 0.25) is 0 Å². The van der Waals surface area contributed by atoms with Crippen molar-refractivity contribution in [2.24, 2.45) is 5.92 Å². The van der Waals surface area contributed by atoms with Gasteiger partial charge in [0.2, 0.25) is 5.91 Å². The van der Waals surface area contributed by atoms with Crippen LogP contribution in [0.15, 0.2) is 18.2 Å². The van der Waals surface area contributed by atoms with E-state index in [4.69, 9.17) is 9.84 Å². The van der Waals surface area contributed by atoms with Gasteiger partial charge in [-0.3, -0.25) is 4.79 Å². The number of anilines is 1. The van der Waals surface area contributed by atoms with Gasteiger partial charge in [-0.2, -0.15) is 0 Å². The lowest BCUT2D eigenvalue weighted by Gasteiger charge is -2.12. The molecule has 0 radical (unpaired) electrons. The van der Waals surface area contributed by atoms with Crippen LogP contribution in [0.25, 0.3) is 0 Å². The van der Waals surface area contributed by atoms with Gasteiger partial charge in [0, 0.05) is 12.1 Å². The lowest BCUT2D eigenvalue weighted by atomic mass is 10.1. The lowest BCUT2D eigenvalue weighted by molar-refractivity contribution is -0.121. The summed E-state index contributed by atoms with van der Waals surface area (Å²) in [7, 11) is 0. The molecule has 4 nitrogen and oxygen atoms in total. The molecule has 1 atom stereocenters. The summed E-state index contributed by atoms with van der Waals surface area (Å²) in [4.78, 5) is 11.8. The summed E-state index contributed by atoms with van der Waals surface area (Å²) in [6.45, 7) is 2.48. The van der Waals surface area contributed by atoms with E-state index in [0.717, 1.165) is 23.4 Å². The number of ether oxygens (including phenoxy) is 1. The van der Waals surface area contributed by atoms with Gasteiger partial charge in [0.15, 0.2) is 0 Å². The van der Waals surface area contributed by atoms with Crippen molar-refractivity contribution in [2.75, 3.05) is 18.5 Å². The number of fused-ring (bicyclic) bond motifs is 1. The Labute approximate surface area is 101 Å². The van der Waals surface area contributed by atoms with Gasteiger partial charge in [-0.1, -0.05) is 6.92 Å². The number of benzene rings is 1. The molecule has 0 aliphatic carbocycles. The Bertz CT molecular complexity index is 413. The molecule has 1 aliphatic rings. The molecule has 0 bridgehead atoms. The van der Waals surface area contributed by atoms with Crippen LogP contribution in [0, 0.1) is 5.92 Å². The molecule has 2 N–H and O–H groups in total. The molecule has 17 heavy (non-hydrogen) atoms. The smallest absolute Gasteiger partial charge is 0.229 e. The molecule has 1 heterocycles. The lowest BCUT2D eigenvalue weighted by Crippen LogP contribution is -2.25. The van der Waals surface area contributed by atoms with E-state index in [-0.39, 0.29) is 18.4 Å². The van der Waals surface area contributed by atoms with Crippen molar-refractivity contribution in [2.45, 2.75) is 19.8 Å². The Morgan fingerprint density at radius 1 is 1.59 bits per heavy atom. The molecule has 0 saturated heterocycles. The second-order valence-corrected chi connectivity index (χ2v) is 4.20. The van der Waals surface area contributed by atoms with Crippen molar-refractivity contribution in [3.63, 3.8) is 0 Å². The van der Waals surface area contributed by atoms with Gasteiger partial charge >= 0.3 is 0 Å². The van der Waals surface area contributed by atoms with Gasteiger partial charge in [-0.05, 0) is 30.2 Å². The summed E-state index contributed by atoms with van der Waals surface area (Å²) in [5.74, 6) is 0.436. The number of aliphatic hydroxyl groups is 1. The van der Waals surface area contributed by atoms with Crippen molar-refractivity contribution in [3.8, 4) is 5.75 Å². The minimum atomic E-state index is -0.334. The topological polar surface area (TPSA) is 58.6 Å². The predicted octanol–water partition coefficient (Wildman–Crippen LogP) is 1.58. The zero-order valence-electron chi connectivity index (χ0n) is 9.90. The van der Waals surface area contributed by atoms with Crippen LogP contribution in [0.5, 0.6) is 5.75 Å². The number of amides is 1. The molecule has 2 rings (SSSR count). The van der Waals surface area contributed by atoms with Crippen LogP contribution < -0.4 is 10.1 Å². The van der Waals surface area contributed by atoms with Crippen LogP contribution in [0.4, 0.5) is 5.69 Å². The standard InChI is InChI=1S/C13H17NO3/c1-2-9(8-15)13(16)14-11-3-4-12-10(7-11)5-6-17-12/h3-4,7,9,15H,2,5-6,8H2,1H3,(H,14,16). The quantitative estimate of drug-likeness (QED) is 0.833. The molecular formula is C13H17NO3. The fraction of sp³-hybridized carbons (Fsp3) is 0.462. The summed E-state index contributed by atoms with van der Waals surface area (Å²) >= 11 is 0. The number of hydrogen-bond donors (Lipinski definition) is 2. The maximum atomic E-state index is 11.8. The Morgan fingerprint density at radius 3 is 3.12 bits per heavy atom. The summed E-state index contributed by atoms with van der Waals surface area (Å²) in [6, 6.07) is 5.63. The van der Waals surface area contributed by atoms with Crippen molar-refractivity contribution in [3.05, 3.63) is 23.8 Å². The van der Waals surface area contributed by atoms with E-state index >= 15 is 0 Å². The van der Waals surface area contributed by atoms with Gasteiger partial charge in [0.05, 0.1) is 19.1 Å². The number of aliphatic hydroxyl groups excluding tert-OH is 1. The fourth-order valence-corrected chi connectivity index (χ4v) is 1.91. The third-order valence-electron chi connectivity index (χ3n) is 3.04. The maximum absolute atomic E-state index is 11.8. The van der Waals surface area contributed by atoms with Crippen LogP contribution in [0.3, 0.4) is 0 Å². The second-order valence-electron chi connectivity index (χ2n) is 4.20. The summed E-state index contributed by atoms with van der Waals surface area (Å²) in [6.07, 6.45) is 1.52. The second kappa shape index (κ2) is 5.19. The fourth-order valence-electron chi connectivity index (χ4n) is 1.91. The molecule has 0 spiro atoms. The maximum Gasteiger partial charge on any atom is 0.229 e. The Hall–Kier alpha value is -1.55. The van der Waals surface area contributed by atoms with E-state index in [1.807, 2.05) is 25.1 Å². The molecule has 0 fully saturated rings. The molecule has 1 aliphatic heterocycles. The van der Waals surface area contributed by atoms with E-state index in [2.05, 4.69) is 5.32 Å². The van der Waals surface area contributed by atoms with Gasteiger partial charge < -0.3 is 15.2 Å². The highest BCUT2D eigenvalue weighted by Gasteiger charge is 2.17. The van der Waals surface area contributed by atoms with Crippen LogP contribution >= 0.6 is 0 Å². The van der Waals surface area contributed by atoms with E-state index in [0.29, 0.717) is 13.0 Å². The van der Waals surface area contributed by atoms with Crippen molar-refractivity contribution >= 4 is 11.6 Å². The Morgan fingerprint density at radius 2 is 2.41 bits per heavy atom. The van der Waals surface area contributed by atoms with Gasteiger partial charge in [0.25, 0.3) is 0 Å². The normalized spacial score (nSPS) is 14.9. The molecule has 1 amide bonds. The van der Waals surface area contributed by atoms with Crippen molar-refractivity contribution in [1.82, 2.24) is 0 Å². The minimum absolute atomic E-state index is 0.115. The first kappa shape index (κ1) is 11.9.